The van der Waals surface area contributed by atoms with Crippen molar-refractivity contribution in [3.8, 4) is 0 Å². The van der Waals surface area contributed by atoms with Crippen LogP contribution in [0, 0.1) is 0 Å². The summed E-state index contributed by atoms with van der Waals surface area (Å²) in [6.07, 6.45) is 4.16. The van der Waals surface area contributed by atoms with Gasteiger partial charge < -0.3 is 4.98 Å². The van der Waals surface area contributed by atoms with Crippen LogP contribution in [0.2, 0.25) is 0 Å². The van der Waals surface area contributed by atoms with Crippen LogP contribution in [0.3, 0.4) is 0 Å². The van der Waals surface area contributed by atoms with Crippen LogP contribution in [0.15, 0.2) is 48.7 Å². The van der Waals surface area contributed by atoms with E-state index in [1.807, 2.05) is 30.5 Å². The summed E-state index contributed by atoms with van der Waals surface area (Å²) in [5, 5.41) is 8.34. The first kappa shape index (κ1) is 15.4. The van der Waals surface area contributed by atoms with Gasteiger partial charge in [0.25, 0.3) is 0 Å². The summed E-state index contributed by atoms with van der Waals surface area (Å²) in [6.45, 7) is 0. The second kappa shape index (κ2) is 6.70. The number of fused-ring (bicyclic) bond motifs is 2. The molecule has 0 saturated carbocycles. The standard InChI is InChI=1S/C9H6N2O2.C9H7NO/c12-4-6-1-2-7-8(3-6)10-11-9(7)5-13;11-6-7-1-2-8-3-4-10-9(8)5-7/h1-5H,(H,10,11);1-6,10H. The molecular formula is C18H13N3O3. The second-order valence-corrected chi connectivity index (χ2v) is 5.09. The third kappa shape index (κ3) is 2.98. The fraction of sp³-hybridized carbons (Fsp3) is 0. The fourth-order valence-corrected chi connectivity index (χ4v) is 2.35. The minimum absolute atomic E-state index is 0.437. The molecule has 0 saturated heterocycles. The molecule has 0 aliphatic carbocycles. The number of nitrogens with one attached hydrogen (secondary N) is 2. The van der Waals surface area contributed by atoms with Crippen LogP contribution in [0.25, 0.3) is 21.8 Å². The first-order valence-corrected chi connectivity index (χ1v) is 7.16. The number of aromatic nitrogens is 3. The van der Waals surface area contributed by atoms with Crippen molar-refractivity contribution < 1.29 is 14.4 Å². The summed E-state index contributed by atoms with van der Waals surface area (Å²) in [5.41, 5.74) is 3.34. The third-order valence-corrected chi connectivity index (χ3v) is 3.58. The van der Waals surface area contributed by atoms with Crippen molar-refractivity contribution in [1.29, 1.82) is 0 Å². The monoisotopic (exact) mass is 319 g/mol. The quantitative estimate of drug-likeness (QED) is 0.567. The minimum Gasteiger partial charge on any atom is -0.361 e. The molecule has 6 heteroatoms. The third-order valence-electron chi connectivity index (χ3n) is 3.58. The van der Waals surface area contributed by atoms with Crippen molar-refractivity contribution >= 4 is 40.7 Å². The highest BCUT2D eigenvalue weighted by molar-refractivity contribution is 5.96. The van der Waals surface area contributed by atoms with E-state index < -0.39 is 0 Å². The van der Waals surface area contributed by atoms with Crippen LogP contribution in [-0.4, -0.2) is 34.0 Å². The number of aromatic amines is 2. The molecule has 4 rings (SSSR count). The van der Waals surface area contributed by atoms with Crippen LogP contribution in [0.1, 0.15) is 31.2 Å². The lowest BCUT2D eigenvalue weighted by Gasteiger charge is -1.89. The van der Waals surface area contributed by atoms with E-state index in [4.69, 9.17) is 0 Å². The number of H-pyrrole nitrogens is 2. The van der Waals surface area contributed by atoms with E-state index in [0.29, 0.717) is 28.6 Å². The topological polar surface area (TPSA) is 95.7 Å². The van der Waals surface area contributed by atoms with Gasteiger partial charge in [0, 0.05) is 28.2 Å². The number of benzene rings is 2. The molecule has 4 aromatic rings. The molecule has 0 radical (unpaired) electrons. The van der Waals surface area contributed by atoms with Gasteiger partial charge in [0.1, 0.15) is 18.3 Å². The van der Waals surface area contributed by atoms with E-state index in [1.54, 1.807) is 18.2 Å². The lowest BCUT2D eigenvalue weighted by molar-refractivity contribution is 0.111. The molecule has 0 aliphatic heterocycles. The Hall–Kier alpha value is -3.54. The molecule has 0 fully saturated rings. The van der Waals surface area contributed by atoms with Gasteiger partial charge >= 0.3 is 0 Å². The molecule has 118 valence electrons. The Balaban J connectivity index is 0.000000143. The van der Waals surface area contributed by atoms with Crippen molar-refractivity contribution in [3.63, 3.8) is 0 Å². The Bertz CT molecular complexity index is 1030. The average molecular weight is 319 g/mol. The highest BCUT2D eigenvalue weighted by Crippen LogP contribution is 2.15. The lowest BCUT2D eigenvalue weighted by Crippen LogP contribution is -1.80. The summed E-state index contributed by atoms with van der Waals surface area (Å²) in [6, 6.07) is 12.5. The number of carbonyl (C=O) groups is 3. The van der Waals surface area contributed by atoms with Crippen molar-refractivity contribution in [2.24, 2.45) is 0 Å². The van der Waals surface area contributed by atoms with Gasteiger partial charge in [0.05, 0.1) is 5.52 Å². The summed E-state index contributed by atoms with van der Waals surface area (Å²) in [7, 11) is 0. The van der Waals surface area contributed by atoms with E-state index in [9.17, 15) is 14.4 Å². The van der Waals surface area contributed by atoms with Gasteiger partial charge in [-0.3, -0.25) is 19.5 Å². The van der Waals surface area contributed by atoms with Gasteiger partial charge in [-0.1, -0.05) is 18.2 Å². The molecule has 2 N–H and O–H groups in total. The number of hydrogen-bond acceptors (Lipinski definition) is 4. The summed E-state index contributed by atoms with van der Waals surface area (Å²) < 4.78 is 0. The Morgan fingerprint density at radius 1 is 0.833 bits per heavy atom. The number of aldehydes is 3. The van der Waals surface area contributed by atoms with Gasteiger partial charge in [-0.2, -0.15) is 5.10 Å². The molecule has 0 unspecified atom stereocenters. The van der Waals surface area contributed by atoms with Crippen molar-refractivity contribution in [2.45, 2.75) is 0 Å². The first-order valence-electron chi connectivity index (χ1n) is 7.16. The predicted octanol–water partition coefficient (Wildman–Crippen LogP) is 3.17. The van der Waals surface area contributed by atoms with Gasteiger partial charge in [-0.25, -0.2) is 0 Å². The van der Waals surface area contributed by atoms with Gasteiger partial charge in [-0.15, -0.1) is 0 Å². The fourth-order valence-electron chi connectivity index (χ4n) is 2.35. The Morgan fingerprint density at radius 2 is 1.58 bits per heavy atom. The molecule has 2 aromatic carbocycles. The first-order chi connectivity index (χ1) is 11.7. The highest BCUT2D eigenvalue weighted by Gasteiger charge is 2.03. The van der Waals surface area contributed by atoms with E-state index >= 15 is 0 Å². The lowest BCUT2D eigenvalue weighted by atomic mass is 10.1. The summed E-state index contributed by atoms with van der Waals surface area (Å²) in [5.74, 6) is 0. The summed E-state index contributed by atoms with van der Waals surface area (Å²) >= 11 is 0. The molecule has 0 amide bonds. The molecule has 24 heavy (non-hydrogen) atoms. The van der Waals surface area contributed by atoms with Crippen molar-refractivity contribution in [3.05, 3.63) is 65.5 Å². The predicted molar refractivity (Wildman–Crippen MR) is 90.6 cm³/mol. The van der Waals surface area contributed by atoms with E-state index in [0.717, 1.165) is 28.9 Å². The molecular weight excluding hydrogens is 306 g/mol. The molecule has 2 aromatic heterocycles. The minimum atomic E-state index is 0.437. The number of rotatable bonds is 3. The van der Waals surface area contributed by atoms with Crippen LogP contribution >= 0.6 is 0 Å². The SMILES string of the molecule is O=Cc1ccc2c(C=O)[nH]nc2c1.O=Cc1ccc2cc[nH]c2c1. The number of nitrogens with zero attached hydrogens (tertiary/aromatic N) is 1. The van der Waals surface area contributed by atoms with E-state index in [2.05, 4.69) is 15.2 Å². The van der Waals surface area contributed by atoms with Gasteiger partial charge in [-0.05, 0) is 29.7 Å². The Morgan fingerprint density at radius 3 is 2.33 bits per heavy atom. The van der Waals surface area contributed by atoms with Crippen molar-refractivity contribution in [1.82, 2.24) is 15.2 Å². The van der Waals surface area contributed by atoms with Crippen LogP contribution in [0.4, 0.5) is 0 Å². The summed E-state index contributed by atoms with van der Waals surface area (Å²) in [4.78, 5) is 34.3. The molecule has 0 bridgehead atoms. The second-order valence-electron chi connectivity index (χ2n) is 5.09. The van der Waals surface area contributed by atoms with E-state index in [-0.39, 0.29) is 0 Å². The maximum Gasteiger partial charge on any atom is 0.168 e. The highest BCUT2D eigenvalue weighted by atomic mass is 16.1. The average Bonchev–Trinajstić information content (AvgIpc) is 3.27. The molecule has 0 aliphatic rings. The largest absolute Gasteiger partial charge is 0.361 e. The van der Waals surface area contributed by atoms with Gasteiger partial charge in [0.2, 0.25) is 0 Å². The Labute approximate surface area is 136 Å². The maximum absolute atomic E-state index is 10.5. The number of hydrogen-bond donors (Lipinski definition) is 2. The Kier molecular flexibility index (Phi) is 4.29. The molecule has 0 atom stereocenters. The van der Waals surface area contributed by atoms with Crippen molar-refractivity contribution in [2.75, 3.05) is 0 Å². The molecule has 6 nitrogen and oxygen atoms in total. The zero-order valence-corrected chi connectivity index (χ0v) is 12.5. The molecule has 2 heterocycles. The molecule has 0 spiro atoms. The smallest absolute Gasteiger partial charge is 0.168 e. The normalized spacial score (nSPS) is 10.2. The zero-order valence-electron chi connectivity index (χ0n) is 12.5. The number of carbonyl (C=O) groups excluding carboxylic acids is 3. The van der Waals surface area contributed by atoms with Crippen LogP contribution < -0.4 is 0 Å². The van der Waals surface area contributed by atoms with E-state index in [1.165, 1.54) is 0 Å². The maximum atomic E-state index is 10.5. The van der Waals surface area contributed by atoms with Crippen LogP contribution in [-0.2, 0) is 0 Å². The van der Waals surface area contributed by atoms with Gasteiger partial charge in [0.15, 0.2) is 6.29 Å². The zero-order chi connectivity index (χ0) is 16.9. The van der Waals surface area contributed by atoms with Crippen LogP contribution in [0.5, 0.6) is 0 Å².